The van der Waals surface area contributed by atoms with E-state index in [1.807, 2.05) is 17.5 Å². The van der Waals surface area contributed by atoms with Crippen molar-refractivity contribution >= 4 is 17.2 Å². The highest BCUT2D eigenvalue weighted by atomic mass is 32.1. The molecule has 0 bridgehead atoms. The Kier molecular flexibility index (Phi) is 6.34. The lowest BCUT2D eigenvalue weighted by molar-refractivity contribution is -0.122. The standard InChI is InChI=1S/C20H22FN3O2S/c1-13(2)12-16(17-4-3-11-27-17)22-18(25)9-10-19-23-20(24-26-19)14-5-7-15(21)8-6-14/h3-8,11,13,16H,9-10,12H2,1-2H3,(H,22,25). The van der Waals surface area contributed by atoms with Crippen molar-refractivity contribution in [3.63, 3.8) is 0 Å². The fourth-order valence-corrected chi connectivity index (χ4v) is 3.56. The maximum absolute atomic E-state index is 13.0. The molecule has 2 heterocycles. The molecule has 1 amide bonds. The Morgan fingerprint density at radius 3 is 2.70 bits per heavy atom. The highest BCUT2D eigenvalue weighted by Crippen LogP contribution is 2.25. The van der Waals surface area contributed by atoms with Crippen molar-refractivity contribution in [3.8, 4) is 11.4 Å². The van der Waals surface area contributed by atoms with E-state index in [9.17, 15) is 9.18 Å². The zero-order valence-electron chi connectivity index (χ0n) is 15.3. The molecule has 3 aromatic rings. The number of aromatic nitrogens is 2. The first-order valence-corrected chi connectivity index (χ1v) is 9.80. The number of rotatable bonds is 8. The summed E-state index contributed by atoms with van der Waals surface area (Å²) in [6, 6.07) is 9.94. The maximum Gasteiger partial charge on any atom is 0.227 e. The van der Waals surface area contributed by atoms with E-state index in [4.69, 9.17) is 4.52 Å². The Morgan fingerprint density at radius 2 is 2.04 bits per heavy atom. The van der Waals surface area contributed by atoms with Crippen LogP contribution in [0.3, 0.4) is 0 Å². The van der Waals surface area contributed by atoms with Crippen molar-refractivity contribution in [1.29, 1.82) is 0 Å². The van der Waals surface area contributed by atoms with Crippen molar-refractivity contribution in [2.45, 2.75) is 39.2 Å². The predicted octanol–water partition coefficient (Wildman–Crippen LogP) is 4.77. The molecule has 0 saturated heterocycles. The van der Waals surface area contributed by atoms with Crippen molar-refractivity contribution < 1.29 is 13.7 Å². The van der Waals surface area contributed by atoms with Gasteiger partial charge in [-0.05, 0) is 48.1 Å². The van der Waals surface area contributed by atoms with Crippen molar-refractivity contribution in [3.05, 3.63) is 58.4 Å². The third kappa shape index (κ3) is 5.47. The molecule has 0 spiro atoms. The molecule has 0 aliphatic carbocycles. The van der Waals surface area contributed by atoms with E-state index in [0.29, 0.717) is 29.6 Å². The van der Waals surface area contributed by atoms with E-state index in [-0.39, 0.29) is 24.2 Å². The summed E-state index contributed by atoms with van der Waals surface area (Å²) in [5.41, 5.74) is 0.672. The molecule has 1 unspecified atom stereocenters. The molecule has 142 valence electrons. The van der Waals surface area contributed by atoms with Gasteiger partial charge in [0.1, 0.15) is 5.82 Å². The molecule has 7 heteroatoms. The second-order valence-corrected chi connectivity index (χ2v) is 7.76. The Labute approximate surface area is 161 Å². The quantitative estimate of drug-likeness (QED) is 0.604. The van der Waals surface area contributed by atoms with Gasteiger partial charge >= 0.3 is 0 Å². The van der Waals surface area contributed by atoms with E-state index in [0.717, 1.165) is 11.3 Å². The smallest absolute Gasteiger partial charge is 0.227 e. The maximum atomic E-state index is 13.0. The fourth-order valence-electron chi connectivity index (χ4n) is 2.77. The van der Waals surface area contributed by atoms with E-state index >= 15 is 0 Å². The number of benzene rings is 1. The fraction of sp³-hybridized carbons (Fsp3) is 0.350. The van der Waals surface area contributed by atoms with Crippen LogP contribution >= 0.6 is 11.3 Å². The number of hydrogen-bond donors (Lipinski definition) is 1. The number of halogens is 1. The Bertz CT molecular complexity index is 860. The average Bonchev–Trinajstić information content (AvgIpc) is 3.32. The second-order valence-electron chi connectivity index (χ2n) is 6.78. The summed E-state index contributed by atoms with van der Waals surface area (Å²) in [6.45, 7) is 4.28. The number of thiophene rings is 1. The van der Waals surface area contributed by atoms with E-state index in [1.165, 1.54) is 12.1 Å². The third-order valence-electron chi connectivity index (χ3n) is 4.07. The van der Waals surface area contributed by atoms with Crippen LogP contribution in [0.25, 0.3) is 11.4 Å². The van der Waals surface area contributed by atoms with Gasteiger partial charge in [0.15, 0.2) is 0 Å². The molecule has 1 atom stereocenters. The molecule has 0 radical (unpaired) electrons. The van der Waals surface area contributed by atoms with E-state index < -0.39 is 0 Å². The molecule has 1 aromatic carbocycles. The SMILES string of the molecule is CC(C)CC(NC(=O)CCc1nc(-c2ccc(F)cc2)no1)c1cccs1. The summed E-state index contributed by atoms with van der Waals surface area (Å²) in [5.74, 6) is 0.894. The van der Waals surface area contributed by atoms with Crippen molar-refractivity contribution in [2.75, 3.05) is 0 Å². The molecule has 5 nitrogen and oxygen atoms in total. The zero-order chi connectivity index (χ0) is 19.2. The van der Waals surface area contributed by atoms with Gasteiger partial charge in [-0.15, -0.1) is 11.3 Å². The minimum absolute atomic E-state index is 0.0231. The van der Waals surface area contributed by atoms with E-state index in [2.05, 4.69) is 29.3 Å². The number of carbonyl (C=O) groups excluding carboxylic acids is 1. The van der Waals surface area contributed by atoms with Crippen LogP contribution in [-0.4, -0.2) is 16.0 Å². The van der Waals surface area contributed by atoms with Gasteiger partial charge in [-0.3, -0.25) is 4.79 Å². The molecule has 2 aromatic heterocycles. The highest BCUT2D eigenvalue weighted by molar-refractivity contribution is 7.10. The summed E-state index contributed by atoms with van der Waals surface area (Å²) >= 11 is 1.65. The topological polar surface area (TPSA) is 68.0 Å². The van der Waals surface area contributed by atoms with Gasteiger partial charge in [-0.25, -0.2) is 4.39 Å². The number of carbonyl (C=O) groups is 1. The Balaban J connectivity index is 1.56. The number of aryl methyl sites for hydroxylation is 1. The Morgan fingerprint density at radius 1 is 1.26 bits per heavy atom. The molecular weight excluding hydrogens is 365 g/mol. The van der Waals surface area contributed by atoms with Crippen LogP contribution in [0.2, 0.25) is 0 Å². The monoisotopic (exact) mass is 387 g/mol. The first-order valence-electron chi connectivity index (χ1n) is 8.92. The lowest BCUT2D eigenvalue weighted by Crippen LogP contribution is -2.29. The van der Waals surface area contributed by atoms with Gasteiger partial charge < -0.3 is 9.84 Å². The molecule has 3 rings (SSSR count). The number of amides is 1. The molecule has 0 saturated carbocycles. The molecule has 0 aliphatic rings. The van der Waals surface area contributed by atoms with E-state index in [1.54, 1.807) is 23.5 Å². The third-order valence-corrected chi connectivity index (χ3v) is 5.05. The molecule has 1 N–H and O–H groups in total. The van der Waals surface area contributed by atoms with Crippen LogP contribution in [0, 0.1) is 11.7 Å². The average molecular weight is 387 g/mol. The highest BCUT2D eigenvalue weighted by Gasteiger charge is 2.18. The number of nitrogens with zero attached hydrogens (tertiary/aromatic N) is 2. The first-order chi connectivity index (χ1) is 13.0. The molecule has 0 fully saturated rings. The van der Waals surface area contributed by atoms with Crippen LogP contribution in [0.1, 0.15) is 43.5 Å². The van der Waals surface area contributed by atoms with Crippen molar-refractivity contribution in [2.24, 2.45) is 5.92 Å². The second kappa shape index (κ2) is 8.90. The van der Waals surface area contributed by atoms with Crippen LogP contribution in [0.15, 0.2) is 46.3 Å². The summed E-state index contributed by atoms with van der Waals surface area (Å²) in [7, 11) is 0. The molecule has 27 heavy (non-hydrogen) atoms. The van der Waals surface area contributed by atoms with Crippen LogP contribution in [-0.2, 0) is 11.2 Å². The largest absolute Gasteiger partial charge is 0.348 e. The minimum atomic E-state index is -0.319. The van der Waals surface area contributed by atoms with Gasteiger partial charge in [0, 0.05) is 23.3 Å². The zero-order valence-corrected chi connectivity index (χ0v) is 16.1. The number of nitrogens with one attached hydrogen (secondary N) is 1. The summed E-state index contributed by atoms with van der Waals surface area (Å²) < 4.78 is 18.2. The minimum Gasteiger partial charge on any atom is -0.348 e. The van der Waals surface area contributed by atoms with Crippen LogP contribution in [0.4, 0.5) is 4.39 Å². The van der Waals surface area contributed by atoms with Crippen LogP contribution in [0.5, 0.6) is 0 Å². The first kappa shape index (κ1) is 19.2. The number of hydrogen-bond acceptors (Lipinski definition) is 5. The summed E-state index contributed by atoms with van der Waals surface area (Å²) in [6.07, 6.45) is 1.52. The lowest BCUT2D eigenvalue weighted by atomic mass is 10.0. The van der Waals surface area contributed by atoms with Gasteiger partial charge in [-0.1, -0.05) is 25.1 Å². The Hall–Kier alpha value is -2.54. The van der Waals surface area contributed by atoms with Gasteiger partial charge in [0.25, 0.3) is 0 Å². The predicted molar refractivity (Wildman–Crippen MR) is 103 cm³/mol. The summed E-state index contributed by atoms with van der Waals surface area (Å²) in [4.78, 5) is 17.8. The van der Waals surface area contributed by atoms with Gasteiger partial charge in [0.2, 0.25) is 17.6 Å². The van der Waals surface area contributed by atoms with Crippen LogP contribution < -0.4 is 5.32 Å². The van der Waals surface area contributed by atoms with Gasteiger partial charge in [-0.2, -0.15) is 4.98 Å². The lowest BCUT2D eigenvalue weighted by Gasteiger charge is -2.19. The molecule has 0 aliphatic heterocycles. The molecular formula is C20H22FN3O2S. The van der Waals surface area contributed by atoms with Crippen molar-refractivity contribution in [1.82, 2.24) is 15.5 Å². The summed E-state index contributed by atoms with van der Waals surface area (Å²) in [5, 5.41) is 9.02. The normalized spacial score (nSPS) is 12.3. The van der Waals surface area contributed by atoms with Gasteiger partial charge in [0.05, 0.1) is 6.04 Å².